The van der Waals surface area contributed by atoms with Crippen LogP contribution in [0.2, 0.25) is 0 Å². The predicted molar refractivity (Wildman–Crippen MR) is 155 cm³/mol. The summed E-state index contributed by atoms with van der Waals surface area (Å²) < 4.78 is 84.2. The Hall–Kier alpha value is -4.01. The van der Waals surface area contributed by atoms with Gasteiger partial charge in [0.25, 0.3) is 0 Å². The first kappa shape index (κ1) is 31.0. The van der Waals surface area contributed by atoms with Crippen molar-refractivity contribution in [3.05, 3.63) is 64.2 Å². The van der Waals surface area contributed by atoms with Crippen LogP contribution in [0.5, 0.6) is 0 Å². The molecule has 0 bridgehead atoms. The summed E-state index contributed by atoms with van der Waals surface area (Å²) in [4.78, 5) is 23.6. The lowest BCUT2D eigenvalue weighted by Gasteiger charge is -2.27. The molecule has 9 nitrogen and oxygen atoms in total. The molecule has 2 aliphatic carbocycles. The van der Waals surface area contributed by atoms with Gasteiger partial charge in [-0.1, -0.05) is 0 Å². The second-order valence-electron chi connectivity index (χ2n) is 12.1. The highest BCUT2D eigenvalue weighted by molar-refractivity contribution is 5.79. The van der Waals surface area contributed by atoms with Crippen LogP contribution in [0.15, 0.2) is 30.6 Å². The zero-order valence-corrected chi connectivity index (χ0v) is 25.3. The van der Waals surface area contributed by atoms with E-state index in [1.807, 2.05) is 20.0 Å². The van der Waals surface area contributed by atoms with E-state index < -0.39 is 23.5 Å². The van der Waals surface area contributed by atoms with E-state index in [-0.39, 0.29) is 36.6 Å². The van der Waals surface area contributed by atoms with E-state index in [4.69, 9.17) is 4.98 Å². The maximum atomic E-state index is 13.7. The second kappa shape index (κ2) is 11.4. The van der Waals surface area contributed by atoms with Crippen molar-refractivity contribution >= 4 is 22.9 Å². The molecule has 15 heteroatoms. The van der Waals surface area contributed by atoms with Gasteiger partial charge in [-0.2, -0.15) is 36.4 Å². The Morgan fingerprint density at radius 1 is 0.800 bits per heavy atom. The normalized spacial score (nSPS) is 15.7. The summed E-state index contributed by atoms with van der Waals surface area (Å²) in [6.07, 6.45) is -4.23. The molecule has 3 heterocycles. The van der Waals surface area contributed by atoms with Gasteiger partial charge in [-0.15, -0.1) is 0 Å². The number of rotatable bonds is 10. The number of aromatic nitrogens is 6. The lowest BCUT2D eigenvalue weighted by atomic mass is 10.0. The van der Waals surface area contributed by atoms with Gasteiger partial charge in [-0.3, -0.25) is 9.58 Å². The zero-order valence-electron chi connectivity index (χ0n) is 25.3. The molecule has 0 radical (unpaired) electrons. The van der Waals surface area contributed by atoms with E-state index in [1.165, 1.54) is 6.33 Å². The summed E-state index contributed by atoms with van der Waals surface area (Å²) in [5, 5.41) is 5.33. The fraction of sp³-hybridized carbons (Fsp3) is 0.500. The van der Waals surface area contributed by atoms with Crippen molar-refractivity contribution in [2.24, 2.45) is 7.05 Å². The number of anilines is 2. The van der Waals surface area contributed by atoms with Crippen molar-refractivity contribution in [1.29, 1.82) is 0 Å². The monoisotopic (exact) mass is 633 g/mol. The van der Waals surface area contributed by atoms with Crippen LogP contribution < -0.4 is 9.80 Å². The van der Waals surface area contributed by atoms with Crippen LogP contribution in [0.3, 0.4) is 0 Å². The first-order valence-corrected chi connectivity index (χ1v) is 14.6. The van der Waals surface area contributed by atoms with Crippen LogP contribution in [0.25, 0.3) is 11.0 Å². The van der Waals surface area contributed by atoms with Crippen LogP contribution >= 0.6 is 0 Å². The fourth-order valence-corrected chi connectivity index (χ4v) is 5.62. The second-order valence-corrected chi connectivity index (χ2v) is 12.1. The summed E-state index contributed by atoms with van der Waals surface area (Å²) in [6, 6.07) is 4.53. The first-order valence-electron chi connectivity index (χ1n) is 14.6. The summed E-state index contributed by atoms with van der Waals surface area (Å²) in [5.74, 6) is 0.394. The number of benzene rings is 1. The van der Waals surface area contributed by atoms with Crippen LogP contribution in [0.1, 0.15) is 59.3 Å². The Kier molecular flexibility index (Phi) is 7.86. The highest BCUT2D eigenvalue weighted by Gasteiger charge is 2.40. The molecule has 0 N–H and O–H groups in total. The molecular formula is C30H33F6N9. The smallest absolute Gasteiger partial charge is 0.347 e. The van der Waals surface area contributed by atoms with Gasteiger partial charge in [0, 0.05) is 58.2 Å². The summed E-state index contributed by atoms with van der Waals surface area (Å²) in [6.45, 7) is 2.18. The number of hydrogen-bond acceptors (Lipinski definition) is 8. The summed E-state index contributed by atoms with van der Waals surface area (Å²) in [7, 11) is 5.26. The average molecular weight is 634 g/mol. The molecule has 0 saturated heterocycles. The van der Waals surface area contributed by atoms with Gasteiger partial charge in [0.15, 0.2) is 5.65 Å². The van der Waals surface area contributed by atoms with Crippen molar-refractivity contribution in [2.45, 2.75) is 76.7 Å². The predicted octanol–water partition coefficient (Wildman–Crippen LogP) is 5.90. The number of aryl methyl sites for hydroxylation is 2. The standard InChI is InChI=1S/C30H33F6N9/c1-17-24-11-19(25(39-26(24)43(4)41-17)15-45(22-5-6-22)23-7-8-23)14-44(28-38-16-37-27(40-28)42(2)3)13-18-9-20(29(31,32)33)12-21(10-18)30(34,35)36/h9-12,16,22-23H,5-8,13-15H2,1-4H3. The van der Waals surface area contributed by atoms with Gasteiger partial charge in [0.05, 0.1) is 22.5 Å². The molecule has 3 aromatic heterocycles. The lowest BCUT2D eigenvalue weighted by Crippen LogP contribution is -2.30. The maximum Gasteiger partial charge on any atom is 0.416 e. The molecule has 2 fully saturated rings. The molecule has 0 aliphatic heterocycles. The Morgan fingerprint density at radius 3 is 1.96 bits per heavy atom. The van der Waals surface area contributed by atoms with Gasteiger partial charge >= 0.3 is 12.4 Å². The Bertz CT molecular complexity index is 1660. The van der Waals surface area contributed by atoms with Gasteiger partial charge in [-0.05, 0) is 68.0 Å². The average Bonchev–Trinajstić information content (AvgIpc) is 3.90. The number of pyridine rings is 1. The third-order valence-corrected chi connectivity index (χ3v) is 8.14. The molecule has 45 heavy (non-hydrogen) atoms. The van der Waals surface area contributed by atoms with E-state index in [9.17, 15) is 26.3 Å². The largest absolute Gasteiger partial charge is 0.416 e. The zero-order chi connectivity index (χ0) is 32.3. The van der Waals surface area contributed by atoms with E-state index in [2.05, 4.69) is 25.0 Å². The van der Waals surface area contributed by atoms with Crippen LogP contribution in [-0.2, 0) is 39.0 Å². The molecule has 0 spiro atoms. The fourth-order valence-electron chi connectivity index (χ4n) is 5.62. The number of halogens is 6. The first-order chi connectivity index (χ1) is 21.2. The third-order valence-electron chi connectivity index (χ3n) is 8.14. The third kappa shape index (κ3) is 6.82. The number of alkyl halides is 6. The van der Waals surface area contributed by atoms with Crippen molar-refractivity contribution in [1.82, 2.24) is 34.6 Å². The van der Waals surface area contributed by atoms with E-state index in [0.29, 0.717) is 24.3 Å². The minimum atomic E-state index is -4.97. The molecule has 0 atom stereocenters. The topological polar surface area (TPSA) is 79.1 Å². The number of fused-ring (bicyclic) bond motifs is 1. The molecule has 1 aromatic carbocycles. The Labute approximate surface area is 255 Å². The van der Waals surface area contributed by atoms with Gasteiger partial charge in [0.2, 0.25) is 11.9 Å². The van der Waals surface area contributed by atoms with Crippen molar-refractivity contribution < 1.29 is 26.3 Å². The van der Waals surface area contributed by atoms with Crippen molar-refractivity contribution in [3.63, 3.8) is 0 Å². The van der Waals surface area contributed by atoms with E-state index >= 15 is 0 Å². The molecule has 4 aromatic rings. The Morgan fingerprint density at radius 2 is 1.40 bits per heavy atom. The molecule has 2 aliphatic rings. The van der Waals surface area contributed by atoms with Crippen molar-refractivity contribution in [3.8, 4) is 0 Å². The molecule has 6 rings (SSSR count). The SMILES string of the molecule is Cc1nn(C)c2nc(CN(C3CC3)C3CC3)c(CN(Cc3cc(C(F)(F)F)cc(C(F)(F)F)c3)c3ncnc(N(C)C)n3)cc12. The highest BCUT2D eigenvalue weighted by atomic mass is 19.4. The van der Waals surface area contributed by atoms with Crippen LogP contribution in [-0.4, -0.2) is 60.8 Å². The molecule has 0 unspecified atom stereocenters. The molecule has 2 saturated carbocycles. The summed E-state index contributed by atoms with van der Waals surface area (Å²) >= 11 is 0. The van der Waals surface area contributed by atoms with Crippen LogP contribution in [0, 0.1) is 6.92 Å². The number of nitrogens with zero attached hydrogens (tertiary/aromatic N) is 9. The quantitative estimate of drug-likeness (QED) is 0.200. The molecule has 0 amide bonds. The lowest BCUT2D eigenvalue weighted by molar-refractivity contribution is -0.143. The van der Waals surface area contributed by atoms with Gasteiger partial charge < -0.3 is 9.80 Å². The van der Waals surface area contributed by atoms with Gasteiger partial charge in [0.1, 0.15) is 6.33 Å². The summed E-state index contributed by atoms with van der Waals surface area (Å²) in [5.41, 5.74) is 0.0495. The maximum absolute atomic E-state index is 13.7. The van der Waals surface area contributed by atoms with Crippen LogP contribution in [0.4, 0.5) is 38.2 Å². The Balaban J connectivity index is 1.45. The van der Waals surface area contributed by atoms with E-state index in [0.717, 1.165) is 60.2 Å². The number of hydrogen-bond donors (Lipinski definition) is 0. The minimum Gasteiger partial charge on any atom is -0.347 e. The molecular weight excluding hydrogens is 600 g/mol. The van der Waals surface area contributed by atoms with E-state index in [1.54, 1.807) is 28.6 Å². The highest BCUT2D eigenvalue weighted by Crippen LogP contribution is 2.40. The molecule has 240 valence electrons. The van der Waals surface area contributed by atoms with Gasteiger partial charge in [-0.25, -0.2) is 15.0 Å². The van der Waals surface area contributed by atoms with Crippen molar-refractivity contribution in [2.75, 3.05) is 23.9 Å². The minimum absolute atomic E-state index is 0.0737.